The smallest absolute Gasteiger partial charge is 0.313 e. The zero-order valence-electron chi connectivity index (χ0n) is 12.4. The lowest BCUT2D eigenvalue weighted by Crippen LogP contribution is -2.12. The molecule has 0 unspecified atom stereocenters. The molecule has 0 saturated carbocycles. The maximum absolute atomic E-state index is 12.9. The Morgan fingerprint density at radius 2 is 1.78 bits per heavy atom. The van der Waals surface area contributed by atoms with Crippen LogP contribution in [0, 0.1) is 5.82 Å². The van der Waals surface area contributed by atoms with Gasteiger partial charge in [0.05, 0.1) is 0 Å². The summed E-state index contributed by atoms with van der Waals surface area (Å²) in [5.74, 6) is -0.836. The van der Waals surface area contributed by atoms with Gasteiger partial charge in [-0.2, -0.15) is 0 Å². The number of carbonyl (C=O) groups excluding carboxylic acids is 1. The van der Waals surface area contributed by atoms with Crippen LogP contribution in [0.4, 0.5) is 10.1 Å². The molecule has 23 heavy (non-hydrogen) atoms. The maximum atomic E-state index is 12.9. The van der Waals surface area contributed by atoms with Crippen molar-refractivity contribution in [3.05, 3.63) is 65.8 Å². The van der Waals surface area contributed by atoms with Crippen LogP contribution in [0.1, 0.15) is 23.2 Å². The average molecular weight is 311 g/mol. The molecule has 3 aromatic rings. The van der Waals surface area contributed by atoms with E-state index in [1.165, 1.54) is 29.8 Å². The Bertz CT molecular complexity index is 811. The minimum atomic E-state index is -0.491. The number of benzene rings is 2. The lowest BCUT2D eigenvalue weighted by molar-refractivity contribution is 0.0991. The lowest BCUT2D eigenvalue weighted by atomic mass is 10.1. The molecule has 6 heteroatoms. The van der Waals surface area contributed by atoms with Gasteiger partial charge in [0.25, 0.3) is 0 Å². The number of halogens is 1. The molecule has 0 bridgehead atoms. The second kappa shape index (κ2) is 6.39. The van der Waals surface area contributed by atoms with Gasteiger partial charge in [-0.05, 0) is 48.4 Å². The van der Waals surface area contributed by atoms with Gasteiger partial charge in [-0.3, -0.25) is 4.79 Å². The van der Waals surface area contributed by atoms with E-state index < -0.39 is 5.91 Å². The zero-order chi connectivity index (χ0) is 16.2. The molecule has 1 N–H and O–H groups in total. The number of hydrogen-bond acceptors (Lipinski definition) is 4. The fourth-order valence-electron chi connectivity index (χ4n) is 2.03. The first kappa shape index (κ1) is 14.9. The van der Waals surface area contributed by atoms with E-state index in [4.69, 9.17) is 4.42 Å². The summed E-state index contributed by atoms with van der Waals surface area (Å²) in [5.41, 5.74) is 2.37. The maximum Gasteiger partial charge on any atom is 0.313 e. The van der Waals surface area contributed by atoms with Gasteiger partial charge in [0, 0.05) is 11.3 Å². The van der Waals surface area contributed by atoms with E-state index in [0.717, 1.165) is 6.42 Å². The summed E-state index contributed by atoms with van der Waals surface area (Å²) in [6.45, 7) is 2.06. The molecule has 0 aliphatic carbocycles. The molecule has 116 valence electrons. The Morgan fingerprint density at radius 1 is 1.09 bits per heavy atom. The van der Waals surface area contributed by atoms with Crippen molar-refractivity contribution in [2.75, 3.05) is 5.32 Å². The van der Waals surface area contributed by atoms with Crippen LogP contribution >= 0.6 is 0 Å². The number of amides is 1. The molecule has 0 atom stereocenters. The van der Waals surface area contributed by atoms with Crippen molar-refractivity contribution in [3.8, 4) is 11.5 Å². The fourth-order valence-corrected chi connectivity index (χ4v) is 2.03. The topological polar surface area (TPSA) is 68.0 Å². The summed E-state index contributed by atoms with van der Waals surface area (Å²) in [5, 5.41) is 10.2. The summed E-state index contributed by atoms with van der Waals surface area (Å²) in [4.78, 5) is 12.1. The largest absolute Gasteiger partial charge is 0.412 e. The molecular weight excluding hydrogens is 297 g/mol. The van der Waals surface area contributed by atoms with Gasteiger partial charge in [-0.1, -0.05) is 19.1 Å². The first-order valence-electron chi connectivity index (χ1n) is 7.15. The van der Waals surface area contributed by atoms with Crippen molar-refractivity contribution in [1.29, 1.82) is 0 Å². The van der Waals surface area contributed by atoms with E-state index >= 15 is 0 Å². The van der Waals surface area contributed by atoms with E-state index in [9.17, 15) is 9.18 Å². The second-order valence-electron chi connectivity index (χ2n) is 4.92. The van der Waals surface area contributed by atoms with E-state index in [-0.39, 0.29) is 17.6 Å². The van der Waals surface area contributed by atoms with E-state index in [2.05, 4.69) is 22.4 Å². The summed E-state index contributed by atoms with van der Waals surface area (Å²) in [7, 11) is 0. The Kier molecular flexibility index (Phi) is 4.14. The van der Waals surface area contributed by atoms with Crippen molar-refractivity contribution >= 4 is 11.6 Å². The van der Waals surface area contributed by atoms with Crippen molar-refractivity contribution in [1.82, 2.24) is 10.2 Å². The summed E-state index contributed by atoms with van der Waals surface area (Å²) in [6.07, 6.45) is 0.929. The fraction of sp³-hybridized carbons (Fsp3) is 0.118. The molecule has 0 radical (unpaired) electrons. The Morgan fingerprint density at radius 3 is 2.43 bits per heavy atom. The highest BCUT2D eigenvalue weighted by molar-refractivity contribution is 6.00. The number of aryl methyl sites for hydroxylation is 1. The van der Waals surface area contributed by atoms with Gasteiger partial charge in [-0.15, -0.1) is 10.2 Å². The van der Waals surface area contributed by atoms with Crippen molar-refractivity contribution in [2.45, 2.75) is 13.3 Å². The van der Waals surface area contributed by atoms with Crippen LogP contribution in [0.2, 0.25) is 0 Å². The standard InChI is InChI=1S/C17H14FN3O2/c1-2-11-3-9-14(10-4-11)19-15(22)17-21-20-16(23-17)12-5-7-13(18)8-6-12/h3-10H,2H2,1H3,(H,19,22). The Hall–Kier alpha value is -3.02. The molecule has 0 saturated heterocycles. The highest BCUT2D eigenvalue weighted by Crippen LogP contribution is 2.19. The summed E-state index contributed by atoms with van der Waals surface area (Å²) < 4.78 is 18.2. The van der Waals surface area contributed by atoms with E-state index in [0.29, 0.717) is 11.3 Å². The lowest BCUT2D eigenvalue weighted by Gasteiger charge is -2.03. The van der Waals surface area contributed by atoms with Crippen molar-refractivity contribution in [2.24, 2.45) is 0 Å². The molecule has 0 fully saturated rings. The number of hydrogen-bond donors (Lipinski definition) is 1. The summed E-state index contributed by atoms with van der Waals surface area (Å²) >= 11 is 0. The number of nitrogens with one attached hydrogen (secondary N) is 1. The van der Waals surface area contributed by atoms with Crippen molar-refractivity contribution < 1.29 is 13.6 Å². The number of nitrogens with zero attached hydrogens (tertiary/aromatic N) is 2. The predicted molar refractivity (Wildman–Crippen MR) is 83.5 cm³/mol. The quantitative estimate of drug-likeness (QED) is 0.798. The van der Waals surface area contributed by atoms with Crippen LogP contribution in [-0.4, -0.2) is 16.1 Å². The van der Waals surface area contributed by atoms with Crippen LogP contribution in [0.5, 0.6) is 0 Å². The Balaban J connectivity index is 1.74. The van der Waals surface area contributed by atoms with Gasteiger partial charge in [0.2, 0.25) is 5.89 Å². The zero-order valence-corrected chi connectivity index (χ0v) is 12.4. The Labute approximate surface area is 132 Å². The van der Waals surface area contributed by atoms with E-state index in [1.54, 1.807) is 0 Å². The molecule has 2 aromatic carbocycles. The first-order valence-corrected chi connectivity index (χ1v) is 7.15. The van der Waals surface area contributed by atoms with Crippen LogP contribution in [0.15, 0.2) is 52.9 Å². The van der Waals surface area contributed by atoms with Crippen LogP contribution in [0.25, 0.3) is 11.5 Å². The minimum absolute atomic E-state index is 0.149. The van der Waals surface area contributed by atoms with Crippen LogP contribution in [0.3, 0.4) is 0 Å². The third-order valence-electron chi connectivity index (χ3n) is 3.33. The van der Waals surface area contributed by atoms with Crippen LogP contribution in [-0.2, 0) is 6.42 Å². The first-order chi connectivity index (χ1) is 11.2. The number of anilines is 1. The van der Waals surface area contributed by atoms with Gasteiger partial charge in [0.15, 0.2) is 0 Å². The van der Waals surface area contributed by atoms with Crippen molar-refractivity contribution in [3.63, 3.8) is 0 Å². The van der Waals surface area contributed by atoms with Gasteiger partial charge < -0.3 is 9.73 Å². The number of rotatable bonds is 4. The summed E-state index contributed by atoms with van der Waals surface area (Å²) in [6, 6.07) is 13.1. The predicted octanol–water partition coefficient (Wildman–Crippen LogP) is 3.69. The number of aromatic nitrogens is 2. The monoisotopic (exact) mass is 311 g/mol. The SMILES string of the molecule is CCc1ccc(NC(=O)c2nnc(-c3ccc(F)cc3)o2)cc1. The third-order valence-corrected chi connectivity index (χ3v) is 3.33. The average Bonchev–Trinajstić information content (AvgIpc) is 3.06. The second-order valence-corrected chi connectivity index (χ2v) is 4.92. The molecule has 3 rings (SSSR count). The minimum Gasteiger partial charge on any atom is -0.412 e. The molecule has 1 aromatic heterocycles. The van der Waals surface area contributed by atoms with Gasteiger partial charge in [-0.25, -0.2) is 4.39 Å². The normalized spacial score (nSPS) is 10.5. The molecule has 1 heterocycles. The van der Waals surface area contributed by atoms with Crippen LogP contribution < -0.4 is 5.32 Å². The highest BCUT2D eigenvalue weighted by atomic mass is 19.1. The molecular formula is C17H14FN3O2. The van der Waals surface area contributed by atoms with E-state index in [1.807, 2.05) is 24.3 Å². The molecule has 0 spiro atoms. The molecule has 1 amide bonds. The molecule has 0 aliphatic heterocycles. The van der Waals surface area contributed by atoms with Gasteiger partial charge in [0.1, 0.15) is 5.82 Å². The third kappa shape index (κ3) is 3.42. The molecule has 0 aliphatic rings. The number of carbonyl (C=O) groups is 1. The highest BCUT2D eigenvalue weighted by Gasteiger charge is 2.16. The van der Waals surface area contributed by atoms with Gasteiger partial charge >= 0.3 is 11.8 Å². The molecule has 5 nitrogen and oxygen atoms in total.